The number of thiophene rings is 1. The number of benzene rings is 1. The van der Waals surface area contributed by atoms with Gasteiger partial charge in [0.15, 0.2) is 0 Å². The van der Waals surface area contributed by atoms with Crippen LogP contribution in [0.15, 0.2) is 52.3 Å². The lowest BCUT2D eigenvalue weighted by Crippen LogP contribution is -2.10. The quantitative estimate of drug-likeness (QED) is 0.655. The molecule has 1 aromatic carbocycles. The Labute approximate surface area is 137 Å². The van der Waals surface area contributed by atoms with E-state index in [9.17, 15) is 0 Å². The van der Waals surface area contributed by atoms with Crippen LogP contribution in [0.1, 0.15) is 10.6 Å². The van der Waals surface area contributed by atoms with Gasteiger partial charge in [-0.15, -0.1) is 11.3 Å². The molecule has 3 rings (SSSR count). The first kappa shape index (κ1) is 14.7. The summed E-state index contributed by atoms with van der Waals surface area (Å²) in [5, 5.41) is 6.51. The minimum atomic E-state index is 0.530. The average Bonchev–Trinajstić information content (AvgIpc) is 3.13. The second-order valence-electron chi connectivity index (χ2n) is 4.58. The third-order valence-corrected chi connectivity index (χ3v) is 4.66. The molecule has 108 valence electrons. The summed E-state index contributed by atoms with van der Waals surface area (Å²) in [6, 6.07) is 13.6. The molecule has 0 amide bonds. The molecule has 3 aromatic rings. The standard InChI is InChI=1S/C16H13Cl2NOS/c17-14-5-3-11(8-15(14)18)16-6-4-12(20-16)9-19-10-13-2-1-7-21-13/h1-8,19H,9-10H2. The van der Waals surface area contributed by atoms with Crippen LogP contribution in [0.3, 0.4) is 0 Å². The van der Waals surface area contributed by atoms with Crippen molar-refractivity contribution in [3.8, 4) is 11.3 Å². The molecule has 0 unspecified atom stereocenters. The summed E-state index contributed by atoms with van der Waals surface area (Å²) in [5.74, 6) is 1.69. The van der Waals surface area contributed by atoms with Crippen molar-refractivity contribution in [2.75, 3.05) is 0 Å². The van der Waals surface area contributed by atoms with E-state index in [1.165, 1.54) is 4.88 Å². The fraction of sp³-hybridized carbons (Fsp3) is 0.125. The molecular formula is C16H13Cl2NOS. The molecule has 0 fully saturated rings. The van der Waals surface area contributed by atoms with Crippen LogP contribution in [0, 0.1) is 0 Å². The first-order valence-electron chi connectivity index (χ1n) is 6.49. The summed E-state index contributed by atoms with van der Waals surface area (Å²) < 4.78 is 5.82. The Morgan fingerprint density at radius 2 is 1.90 bits per heavy atom. The highest BCUT2D eigenvalue weighted by Gasteiger charge is 2.07. The minimum absolute atomic E-state index is 0.530. The fourth-order valence-corrected chi connectivity index (χ4v) is 2.97. The maximum Gasteiger partial charge on any atom is 0.134 e. The molecule has 0 radical (unpaired) electrons. The third kappa shape index (κ3) is 3.69. The number of hydrogen-bond donors (Lipinski definition) is 1. The Kier molecular flexibility index (Phi) is 4.66. The summed E-state index contributed by atoms with van der Waals surface area (Å²) in [4.78, 5) is 1.31. The average molecular weight is 338 g/mol. The second kappa shape index (κ2) is 6.67. The predicted octanol–water partition coefficient (Wildman–Crippen LogP) is 5.60. The molecule has 0 spiro atoms. The van der Waals surface area contributed by atoms with E-state index in [-0.39, 0.29) is 0 Å². The highest BCUT2D eigenvalue weighted by Crippen LogP contribution is 2.29. The van der Waals surface area contributed by atoms with Gasteiger partial charge in [-0.1, -0.05) is 29.3 Å². The molecule has 2 heterocycles. The highest BCUT2D eigenvalue weighted by atomic mass is 35.5. The number of hydrogen-bond acceptors (Lipinski definition) is 3. The predicted molar refractivity (Wildman–Crippen MR) is 89.0 cm³/mol. The van der Waals surface area contributed by atoms with Crippen LogP contribution in [-0.2, 0) is 13.1 Å². The number of furan rings is 1. The molecule has 0 aliphatic carbocycles. The summed E-state index contributed by atoms with van der Waals surface area (Å²) in [5.41, 5.74) is 0.925. The van der Waals surface area contributed by atoms with Crippen LogP contribution in [0.25, 0.3) is 11.3 Å². The van der Waals surface area contributed by atoms with E-state index in [0.29, 0.717) is 16.6 Å². The summed E-state index contributed by atoms with van der Waals surface area (Å²) in [7, 11) is 0. The lowest BCUT2D eigenvalue weighted by molar-refractivity contribution is 0.494. The number of halogens is 2. The van der Waals surface area contributed by atoms with Crippen molar-refractivity contribution >= 4 is 34.5 Å². The Morgan fingerprint density at radius 1 is 1.00 bits per heavy atom. The molecule has 0 atom stereocenters. The monoisotopic (exact) mass is 337 g/mol. The fourth-order valence-electron chi connectivity index (χ4n) is 2.00. The van der Waals surface area contributed by atoms with Crippen molar-refractivity contribution in [3.05, 3.63) is 68.5 Å². The molecule has 2 nitrogen and oxygen atoms in total. The first-order valence-corrected chi connectivity index (χ1v) is 8.13. The molecule has 1 N–H and O–H groups in total. The Bertz CT molecular complexity index is 722. The topological polar surface area (TPSA) is 25.2 Å². The van der Waals surface area contributed by atoms with Crippen LogP contribution in [0.5, 0.6) is 0 Å². The van der Waals surface area contributed by atoms with Gasteiger partial charge in [0.25, 0.3) is 0 Å². The summed E-state index contributed by atoms with van der Waals surface area (Å²) >= 11 is 13.7. The van der Waals surface area contributed by atoms with Gasteiger partial charge >= 0.3 is 0 Å². The third-order valence-electron chi connectivity index (χ3n) is 3.04. The zero-order valence-corrected chi connectivity index (χ0v) is 13.4. The zero-order valence-electron chi connectivity index (χ0n) is 11.1. The normalized spacial score (nSPS) is 11.0. The molecule has 0 saturated heterocycles. The smallest absolute Gasteiger partial charge is 0.134 e. The zero-order chi connectivity index (χ0) is 14.7. The Hall–Kier alpha value is -1.26. The number of rotatable bonds is 5. The molecule has 2 aromatic heterocycles. The summed E-state index contributed by atoms with van der Waals surface area (Å²) in [6.07, 6.45) is 0. The van der Waals surface area contributed by atoms with E-state index in [4.69, 9.17) is 27.6 Å². The van der Waals surface area contributed by atoms with Gasteiger partial charge in [0, 0.05) is 17.0 Å². The van der Waals surface area contributed by atoms with Crippen molar-refractivity contribution in [1.82, 2.24) is 5.32 Å². The van der Waals surface area contributed by atoms with Gasteiger partial charge in [0.05, 0.1) is 16.6 Å². The largest absolute Gasteiger partial charge is 0.460 e. The van der Waals surface area contributed by atoms with Gasteiger partial charge in [0.2, 0.25) is 0 Å². The minimum Gasteiger partial charge on any atom is -0.460 e. The lowest BCUT2D eigenvalue weighted by atomic mass is 10.2. The van der Waals surface area contributed by atoms with Crippen LogP contribution >= 0.6 is 34.5 Å². The van der Waals surface area contributed by atoms with Gasteiger partial charge in [-0.3, -0.25) is 0 Å². The van der Waals surface area contributed by atoms with Crippen LogP contribution in [-0.4, -0.2) is 0 Å². The molecule has 5 heteroatoms. The van der Waals surface area contributed by atoms with Gasteiger partial charge in [-0.25, -0.2) is 0 Å². The Balaban J connectivity index is 1.64. The van der Waals surface area contributed by atoms with Crippen LogP contribution < -0.4 is 5.32 Å². The molecule has 21 heavy (non-hydrogen) atoms. The first-order chi connectivity index (χ1) is 10.2. The highest BCUT2D eigenvalue weighted by molar-refractivity contribution is 7.09. The van der Waals surface area contributed by atoms with E-state index in [0.717, 1.165) is 23.6 Å². The van der Waals surface area contributed by atoms with E-state index >= 15 is 0 Å². The van der Waals surface area contributed by atoms with Crippen molar-refractivity contribution in [3.63, 3.8) is 0 Å². The van der Waals surface area contributed by atoms with E-state index in [1.807, 2.05) is 24.3 Å². The van der Waals surface area contributed by atoms with Gasteiger partial charge in [-0.05, 0) is 41.8 Å². The van der Waals surface area contributed by atoms with Crippen molar-refractivity contribution in [1.29, 1.82) is 0 Å². The molecule has 0 aliphatic heterocycles. The van der Waals surface area contributed by atoms with E-state index in [1.54, 1.807) is 17.4 Å². The van der Waals surface area contributed by atoms with Crippen molar-refractivity contribution in [2.24, 2.45) is 0 Å². The SMILES string of the molecule is Clc1ccc(-c2ccc(CNCc3cccs3)o2)cc1Cl. The molecule has 0 bridgehead atoms. The van der Waals surface area contributed by atoms with Gasteiger partial charge in [-0.2, -0.15) is 0 Å². The molecule has 0 saturated carbocycles. The van der Waals surface area contributed by atoms with Crippen LogP contribution in [0.4, 0.5) is 0 Å². The van der Waals surface area contributed by atoms with Crippen LogP contribution in [0.2, 0.25) is 10.0 Å². The number of nitrogens with one attached hydrogen (secondary N) is 1. The van der Waals surface area contributed by atoms with E-state index in [2.05, 4.69) is 22.8 Å². The molecular weight excluding hydrogens is 325 g/mol. The Morgan fingerprint density at radius 3 is 2.67 bits per heavy atom. The van der Waals surface area contributed by atoms with E-state index < -0.39 is 0 Å². The maximum absolute atomic E-state index is 6.03. The second-order valence-corrected chi connectivity index (χ2v) is 6.42. The van der Waals surface area contributed by atoms with Gasteiger partial charge in [0.1, 0.15) is 11.5 Å². The van der Waals surface area contributed by atoms with Crippen molar-refractivity contribution < 1.29 is 4.42 Å². The van der Waals surface area contributed by atoms with Crippen molar-refractivity contribution in [2.45, 2.75) is 13.1 Å². The van der Waals surface area contributed by atoms with Gasteiger partial charge < -0.3 is 9.73 Å². The molecule has 0 aliphatic rings. The summed E-state index contributed by atoms with van der Waals surface area (Å²) in [6.45, 7) is 1.54. The lowest BCUT2D eigenvalue weighted by Gasteiger charge is -2.01. The maximum atomic E-state index is 6.03.